The number of hydrogen-bond acceptors (Lipinski definition) is 7. The summed E-state index contributed by atoms with van der Waals surface area (Å²) in [4.78, 5) is 17.4. The highest BCUT2D eigenvalue weighted by Crippen LogP contribution is 2.30. The van der Waals surface area contributed by atoms with Gasteiger partial charge in [0.05, 0.1) is 19.5 Å². The zero-order valence-corrected chi connectivity index (χ0v) is 17.9. The predicted molar refractivity (Wildman–Crippen MR) is 111 cm³/mol. The number of fused-ring (bicyclic) bond motifs is 2. The molecule has 0 radical (unpaired) electrons. The average Bonchev–Trinajstić information content (AvgIpc) is 3.14. The lowest BCUT2D eigenvalue weighted by Gasteiger charge is -2.10. The number of rotatable bonds is 7. The number of halogens is 1. The number of carbonyl (C=O) groups is 1. The van der Waals surface area contributed by atoms with Crippen molar-refractivity contribution in [3.05, 3.63) is 28.4 Å². The molecule has 1 aliphatic rings. The van der Waals surface area contributed by atoms with Crippen LogP contribution in [0.15, 0.2) is 28.4 Å². The van der Waals surface area contributed by atoms with Crippen molar-refractivity contribution < 1.29 is 14.3 Å². The van der Waals surface area contributed by atoms with Crippen LogP contribution in [0.4, 0.5) is 0 Å². The molecule has 5 rings (SSSR count). The number of nitrogens with zero attached hydrogens (tertiary/aromatic N) is 5. The van der Waals surface area contributed by atoms with Gasteiger partial charge in [0.25, 0.3) is 5.91 Å². The van der Waals surface area contributed by atoms with Crippen molar-refractivity contribution in [2.24, 2.45) is 5.92 Å². The maximum absolute atomic E-state index is 12.1. The van der Waals surface area contributed by atoms with E-state index in [0.717, 1.165) is 14.4 Å². The third-order valence-corrected chi connectivity index (χ3v) is 6.03. The van der Waals surface area contributed by atoms with E-state index < -0.39 is 0 Å². The van der Waals surface area contributed by atoms with Gasteiger partial charge in [-0.1, -0.05) is 11.3 Å². The largest absolute Gasteiger partial charge is 0.495 e. The van der Waals surface area contributed by atoms with E-state index in [9.17, 15) is 4.79 Å². The summed E-state index contributed by atoms with van der Waals surface area (Å²) < 4.78 is 15.3. The van der Waals surface area contributed by atoms with Gasteiger partial charge in [0.2, 0.25) is 4.96 Å². The molecule has 9 nitrogen and oxygen atoms in total. The topological polar surface area (TPSA) is 95.0 Å². The molecule has 4 heterocycles. The second-order valence-corrected chi connectivity index (χ2v) is 9.08. The van der Waals surface area contributed by atoms with Crippen LogP contribution in [0, 0.1) is 5.92 Å². The minimum atomic E-state index is -0.136. The lowest BCUT2D eigenvalue weighted by atomic mass is 10.3. The average molecular weight is 477 g/mol. The van der Waals surface area contributed by atoms with Crippen molar-refractivity contribution in [3.8, 4) is 22.9 Å². The standard InChI is InChI=1S/C18H17BrN6O3S/c1-27-11-4-15(28-9-16(26)20-6-10-2-3-10)14-5-12(22-24(14)7-11)13-8-25-18(21-13)29-17(19)23-25/h4-5,7-8,10H,2-3,6,9H2,1H3,(H,20,26). The van der Waals surface area contributed by atoms with Gasteiger partial charge < -0.3 is 14.8 Å². The number of pyridine rings is 1. The Morgan fingerprint density at radius 1 is 1.28 bits per heavy atom. The minimum Gasteiger partial charge on any atom is -0.495 e. The third-order valence-electron chi connectivity index (χ3n) is 4.67. The molecule has 0 aromatic carbocycles. The fourth-order valence-corrected chi connectivity index (χ4v) is 4.18. The van der Waals surface area contributed by atoms with Crippen LogP contribution in [0.2, 0.25) is 0 Å². The molecule has 0 atom stereocenters. The van der Waals surface area contributed by atoms with E-state index in [-0.39, 0.29) is 12.5 Å². The van der Waals surface area contributed by atoms with Gasteiger partial charge in [-0.05, 0) is 40.8 Å². The molecule has 1 aliphatic carbocycles. The maximum atomic E-state index is 12.1. The molecular formula is C18H17BrN6O3S. The molecule has 0 aliphatic heterocycles. The number of amides is 1. The Kier molecular flexibility index (Phi) is 4.63. The molecular weight excluding hydrogens is 460 g/mol. The van der Waals surface area contributed by atoms with Gasteiger partial charge >= 0.3 is 0 Å². The molecule has 1 amide bonds. The van der Waals surface area contributed by atoms with Crippen LogP contribution >= 0.6 is 27.3 Å². The van der Waals surface area contributed by atoms with Gasteiger partial charge in [0.1, 0.15) is 28.4 Å². The van der Waals surface area contributed by atoms with Crippen molar-refractivity contribution >= 4 is 43.7 Å². The van der Waals surface area contributed by atoms with E-state index in [1.165, 1.54) is 24.2 Å². The van der Waals surface area contributed by atoms with Crippen molar-refractivity contribution in [2.75, 3.05) is 20.3 Å². The first-order valence-corrected chi connectivity index (χ1v) is 10.7. The number of hydrogen-bond donors (Lipinski definition) is 1. The van der Waals surface area contributed by atoms with Gasteiger partial charge in [0, 0.05) is 12.6 Å². The fraction of sp³-hybridized carbons (Fsp3) is 0.333. The zero-order chi connectivity index (χ0) is 20.0. The normalized spacial score (nSPS) is 13.9. The predicted octanol–water partition coefficient (Wildman–Crippen LogP) is 2.78. The number of methoxy groups -OCH3 is 1. The summed E-state index contributed by atoms with van der Waals surface area (Å²) in [5, 5.41) is 11.8. The van der Waals surface area contributed by atoms with Crippen LogP contribution in [0.5, 0.6) is 11.5 Å². The molecule has 0 saturated heterocycles. The molecule has 150 valence electrons. The molecule has 0 spiro atoms. The summed E-state index contributed by atoms with van der Waals surface area (Å²) in [6.45, 7) is 0.655. The Balaban J connectivity index is 1.42. The molecule has 0 unspecified atom stereocenters. The van der Waals surface area contributed by atoms with Gasteiger partial charge in [-0.3, -0.25) is 4.79 Å². The molecule has 29 heavy (non-hydrogen) atoms. The van der Waals surface area contributed by atoms with Gasteiger partial charge in [-0.15, -0.1) is 5.10 Å². The second kappa shape index (κ2) is 7.30. The van der Waals surface area contributed by atoms with Crippen molar-refractivity contribution in [1.82, 2.24) is 29.5 Å². The quantitative estimate of drug-likeness (QED) is 0.440. The highest BCUT2D eigenvalue weighted by molar-refractivity contribution is 9.11. The molecule has 1 N–H and O–H groups in total. The number of nitrogens with one attached hydrogen (secondary N) is 1. The van der Waals surface area contributed by atoms with E-state index >= 15 is 0 Å². The molecule has 4 aromatic rings. The zero-order valence-electron chi connectivity index (χ0n) is 15.5. The summed E-state index contributed by atoms with van der Waals surface area (Å²) in [7, 11) is 1.57. The second-order valence-electron chi connectivity index (χ2n) is 6.85. The van der Waals surface area contributed by atoms with Gasteiger partial charge in [-0.25, -0.2) is 14.0 Å². The maximum Gasteiger partial charge on any atom is 0.257 e. The van der Waals surface area contributed by atoms with E-state index in [4.69, 9.17) is 9.47 Å². The highest BCUT2D eigenvalue weighted by Gasteiger charge is 2.22. The first-order chi connectivity index (χ1) is 14.1. The first-order valence-electron chi connectivity index (χ1n) is 9.08. The van der Waals surface area contributed by atoms with E-state index in [1.807, 2.05) is 12.3 Å². The number of imidazole rings is 1. The van der Waals surface area contributed by atoms with Crippen LogP contribution in [0.1, 0.15) is 12.8 Å². The van der Waals surface area contributed by atoms with Crippen LogP contribution in [-0.2, 0) is 4.79 Å². The Labute approximate surface area is 177 Å². The van der Waals surface area contributed by atoms with Gasteiger partial charge in [0.15, 0.2) is 10.5 Å². The Hall–Kier alpha value is -2.66. The third kappa shape index (κ3) is 3.79. The number of ether oxygens (including phenoxy) is 2. The minimum absolute atomic E-state index is 0.0613. The van der Waals surface area contributed by atoms with Crippen LogP contribution in [0.3, 0.4) is 0 Å². The SMILES string of the molecule is COc1cc(OCC(=O)NCC2CC2)c2cc(-c3cn4nc(Br)sc4n3)nn2c1. The Morgan fingerprint density at radius 2 is 2.14 bits per heavy atom. The highest BCUT2D eigenvalue weighted by atomic mass is 79.9. The summed E-state index contributed by atoms with van der Waals surface area (Å²) in [6, 6.07) is 3.62. The fourth-order valence-electron chi connectivity index (χ4n) is 2.96. The van der Waals surface area contributed by atoms with Crippen molar-refractivity contribution in [3.63, 3.8) is 0 Å². The first kappa shape index (κ1) is 18.4. The summed E-state index contributed by atoms with van der Waals surface area (Å²) >= 11 is 4.79. The molecule has 11 heteroatoms. The van der Waals surface area contributed by atoms with E-state index in [2.05, 4.69) is 36.4 Å². The number of aromatic nitrogens is 5. The van der Waals surface area contributed by atoms with Crippen molar-refractivity contribution in [1.29, 1.82) is 0 Å². The van der Waals surface area contributed by atoms with Crippen LogP contribution < -0.4 is 14.8 Å². The van der Waals surface area contributed by atoms with Gasteiger partial charge in [-0.2, -0.15) is 5.10 Å². The van der Waals surface area contributed by atoms with E-state index in [1.54, 1.807) is 28.4 Å². The summed E-state index contributed by atoms with van der Waals surface area (Å²) in [5.74, 6) is 1.59. The van der Waals surface area contributed by atoms with Crippen LogP contribution in [0.25, 0.3) is 21.9 Å². The Bertz CT molecular complexity index is 1180. The van der Waals surface area contributed by atoms with Crippen molar-refractivity contribution in [2.45, 2.75) is 12.8 Å². The van der Waals surface area contributed by atoms with Crippen LogP contribution in [-0.4, -0.2) is 50.4 Å². The summed E-state index contributed by atoms with van der Waals surface area (Å²) in [5.41, 5.74) is 2.10. The molecule has 0 bridgehead atoms. The lowest BCUT2D eigenvalue weighted by Crippen LogP contribution is -2.30. The Morgan fingerprint density at radius 3 is 2.90 bits per heavy atom. The molecule has 1 fully saturated rings. The number of carbonyl (C=O) groups excluding carboxylic acids is 1. The molecule has 4 aromatic heterocycles. The molecule has 1 saturated carbocycles. The summed E-state index contributed by atoms with van der Waals surface area (Å²) in [6.07, 6.45) is 5.95. The van der Waals surface area contributed by atoms with E-state index in [0.29, 0.717) is 35.3 Å². The lowest BCUT2D eigenvalue weighted by molar-refractivity contribution is -0.123. The smallest absolute Gasteiger partial charge is 0.257 e. The monoisotopic (exact) mass is 476 g/mol.